The van der Waals surface area contributed by atoms with Crippen LogP contribution in [0.15, 0.2) is 53.4 Å². The number of rotatable bonds is 4. The summed E-state index contributed by atoms with van der Waals surface area (Å²) >= 11 is 7.03. The maximum atomic E-state index is 11.8. The summed E-state index contributed by atoms with van der Waals surface area (Å²) in [5, 5.41) is 2.86. The summed E-state index contributed by atoms with van der Waals surface area (Å²) in [6, 6.07) is 13.6. The monoisotopic (exact) mass is 320 g/mol. The highest BCUT2D eigenvalue weighted by Gasteiger charge is 2.11. The number of hydrogen-bond donors (Lipinski definition) is 2. The third-order valence-corrected chi connectivity index (χ3v) is 3.98. The molecule has 0 aliphatic rings. The first-order valence-electron chi connectivity index (χ1n) is 6.13. The van der Waals surface area contributed by atoms with E-state index in [0.717, 1.165) is 4.90 Å². The first-order valence-corrected chi connectivity index (χ1v) is 7.49. The number of benzene rings is 2. The van der Waals surface area contributed by atoms with Gasteiger partial charge in [-0.05, 0) is 36.4 Å². The molecule has 2 aromatic carbocycles. The normalized spacial score (nSPS) is 10.1. The van der Waals surface area contributed by atoms with E-state index < -0.39 is 5.91 Å². The first-order chi connectivity index (χ1) is 10.1. The Morgan fingerprint density at radius 3 is 2.43 bits per heavy atom. The topological polar surface area (TPSA) is 72.2 Å². The Hall–Kier alpha value is -1.98. The Labute approximate surface area is 131 Å². The summed E-state index contributed by atoms with van der Waals surface area (Å²) in [5.74, 6) is -0.699. The summed E-state index contributed by atoms with van der Waals surface area (Å²) in [6.45, 7) is 0. The van der Waals surface area contributed by atoms with Crippen LogP contribution in [0.1, 0.15) is 10.4 Å². The van der Waals surface area contributed by atoms with E-state index in [2.05, 4.69) is 5.32 Å². The molecule has 0 bridgehead atoms. The predicted molar refractivity (Wildman–Crippen MR) is 85.5 cm³/mol. The standard InChI is InChI=1S/C15H13ClN2O2S/c16-11-7-5-10(6-8-11)15(20)18-14(19)9-21-13-4-2-1-3-12(13)17/h1-8H,9,17H2,(H,18,19,20). The van der Waals surface area contributed by atoms with Crippen LogP contribution in [-0.4, -0.2) is 17.6 Å². The molecule has 3 N–H and O–H groups in total. The second-order valence-corrected chi connectivity index (χ2v) is 5.66. The zero-order valence-electron chi connectivity index (χ0n) is 11.0. The average Bonchev–Trinajstić information content (AvgIpc) is 2.47. The number of thioether (sulfide) groups is 1. The molecule has 0 fully saturated rings. The fraction of sp³-hybridized carbons (Fsp3) is 0.0667. The van der Waals surface area contributed by atoms with Gasteiger partial charge in [-0.2, -0.15) is 0 Å². The molecule has 0 spiro atoms. The minimum Gasteiger partial charge on any atom is -0.398 e. The number of halogens is 1. The fourth-order valence-corrected chi connectivity index (χ4v) is 2.49. The Morgan fingerprint density at radius 2 is 1.76 bits per heavy atom. The molecule has 0 aliphatic heterocycles. The van der Waals surface area contributed by atoms with Crippen molar-refractivity contribution in [2.75, 3.05) is 11.5 Å². The van der Waals surface area contributed by atoms with E-state index in [1.807, 2.05) is 18.2 Å². The number of carbonyl (C=O) groups excluding carboxylic acids is 2. The third-order valence-electron chi connectivity index (χ3n) is 2.64. The number of anilines is 1. The van der Waals surface area contributed by atoms with Gasteiger partial charge in [0.25, 0.3) is 5.91 Å². The largest absolute Gasteiger partial charge is 0.398 e. The molecule has 2 amide bonds. The van der Waals surface area contributed by atoms with Gasteiger partial charge in [0.1, 0.15) is 0 Å². The highest BCUT2D eigenvalue weighted by molar-refractivity contribution is 8.00. The van der Waals surface area contributed by atoms with Crippen LogP contribution in [-0.2, 0) is 4.79 Å². The van der Waals surface area contributed by atoms with Crippen LogP contribution in [0.5, 0.6) is 0 Å². The molecular formula is C15H13ClN2O2S. The van der Waals surface area contributed by atoms with Crippen molar-refractivity contribution in [2.45, 2.75) is 4.90 Å². The van der Waals surface area contributed by atoms with Crippen LogP contribution in [0, 0.1) is 0 Å². The van der Waals surface area contributed by atoms with Crippen molar-refractivity contribution in [1.82, 2.24) is 5.32 Å². The highest BCUT2D eigenvalue weighted by atomic mass is 35.5. The molecule has 21 heavy (non-hydrogen) atoms. The Balaban J connectivity index is 1.88. The Morgan fingerprint density at radius 1 is 1.10 bits per heavy atom. The fourth-order valence-electron chi connectivity index (χ4n) is 1.59. The van der Waals surface area contributed by atoms with Crippen LogP contribution < -0.4 is 11.1 Å². The van der Waals surface area contributed by atoms with Crippen molar-refractivity contribution in [3.05, 3.63) is 59.1 Å². The van der Waals surface area contributed by atoms with Gasteiger partial charge in [-0.25, -0.2) is 0 Å². The summed E-state index contributed by atoms with van der Waals surface area (Å²) in [4.78, 5) is 24.4. The lowest BCUT2D eigenvalue weighted by Crippen LogP contribution is -2.31. The number of nitrogen functional groups attached to an aromatic ring is 1. The number of nitrogens with one attached hydrogen (secondary N) is 1. The maximum absolute atomic E-state index is 11.8. The molecule has 108 valence electrons. The Kier molecular flexibility index (Phi) is 5.25. The molecule has 2 rings (SSSR count). The Bertz CT molecular complexity index is 659. The van der Waals surface area contributed by atoms with Gasteiger partial charge in [-0.1, -0.05) is 23.7 Å². The first kappa shape index (κ1) is 15.4. The van der Waals surface area contributed by atoms with Crippen LogP contribution in [0.3, 0.4) is 0 Å². The lowest BCUT2D eigenvalue weighted by atomic mass is 10.2. The molecule has 0 saturated carbocycles. The number of carbonyl (C=O) groups is 2. The lowest BCUT2D eigenvalue weighted by Gasteiger charge is -2.06. The molecule has 2 aromatic rings. The van der Waals surface area contributed by atoms with E-state index in [0.29, 0.717) is 16.3 Å². The van der Waals surface area contributed by atoms with E-state index in [9.17, 15) is 9.59 Å². The summed E-state index contributed by atoms with van der Waals surface area (Å²) in [6.07, 6.45) is 0. The van der Waals surface area contributed by atoms with Gasteiger partial charge in [0.2, 0.25) is 5.91 Å². The SMILES string of the molecule is Nc1ccccc1SCC(=O)NC(=O)c1ccc(Cl)cc1. The van der Waals surface area contributed by atoms with Gasteiger partial charge in [-0.3, -0.25) is 14.9 Å². The van der Waals surface area contributed by atoms with E-state index in [-0.39, 0.29) is 11.7 Å². The molecule has 6 heteroatoms. The summed E-state index contributed by atoms with van der Waals surface area (Å²) in [7, 11) is 0. The quantitative estimate of drug-likeness (QED) is 0.671. The third kappa shape index (κ3) is 4.51. The van der Waals surface area contributed by atoms with Gasteiger partial charge in [0.15, 0.2) is 0 Å². The highest BCUT2D eigenvalue weighted by Crippen LogP contribution is 2.23. The molecule has 0 unspecified atom stereocenters. The maximum Gasteiger partial charge on any atom is 0.257 e. The molecular weight excluding hydrogens is 308 g/mol. The molecule has 0 saturated heterocycles. The number of imide groups is 1. The van der Waals surface area contributed by atoms with Crippen molar-refractivity contribution >= 4 is 40.9 Å². The number of hydrogen-bond acceptors (Lipinski definition) is 4. The summed E-state index contributed by atoms with van der Waals surface area (Å²) < 4.78 is 0. The van der Waals surface area contributed by atoms with Gasteiger partial charge in [0.05, 0.1) is 5.75 Å². The van der Waals surface area contributed by atoms with Crippen LogP contribution in [0.4, 0.5) is 5.69 Å². The van der Waals surface area contributed by atoms with E-state index in [1.165, 1.54) is 11.8 Å². The van der Waals surface area contributed by atoms with Gasteiger partial charge in [-0.15, -0.1) is 11.8 Å². The van der Waals surface area contributed by atoms with E-state index in [4.69, 9.17) is 17.3 Å². The van der Waals surface area contributed by atoms with Crippen molar-refractivity contribution < 1.29 is 9.59 Å². The lowest BCUT2D eigenvalue weighted by molar-refractivity contribution is -0.117. The number of nitrogens with two attached hydrogens (primary N) is 1. The second kappa shape index (κ2) is 7.15. The van der Waals surface area contributed by atoms with Crippen LogP contribution >= 0.6 is 23.4 Å². The van der Waals surface area contributed by atoms with Crippen LogP contribution in [0.25, 0.3) is 0 Å². The molecule has 0 aliphatic carbocycles. The minimum atomic E-state index is -0.446. The molecule has 0 atom stereocenters. The van der Waals surface area contributed by atoms with Crippen molar-refractivity contribution in [2.24, 2.45) is 0 Å². The van der Waals surface area contributed by atoms with Gasteiger partial charge in [0, 0.05) is 21.2 Å². The van der Waals surface area contributed by atoms with Gasteiger partial charge >= 0.3 is 0 Å². The molecule has 4 nitrogen and oxygen atoms in total. The number of amides is 2. The zero-order chi connectivity index (χ0) is 15.2. The van der Waals surface area contributed by atoms with Crippen molar-refractivity contribution in [1.29, 1.82) is 0 Å². The molecule has 0 radical (unpaired) electrons. The second-order valence-electron chi connectivity index (χ2n) is 4.21. The van der Waals surface area contributed by atoms with Crippen molar-refractivity contribution in [3.63, 3.8) is 0 Å². The molecule has 0 aromatic heterocycles. The van der Waals surface area contributed by atoms with Crippen molar-refractivity contribution in [3.8, 4) is 0 Å². The van der Waals surface area contributed by atoms with E-state index >= 15 is 0 Å². The number of para-hydroxylation sites is 1. The summed E-state index contributed by atoms with van der Waals surface area (Å²) in [5.41, 5.74) is 6.78. The van der Waals surface area contributed by atoms with E-state index in [1.54, 1.807) is 30.3 Å². The van der Waals surface area contributed by atoms with Crippen LogP contribution in [0.2, 0.25) is 5.02 Å². The smallest absolute Gasteiger partial charge is 0.257 e. The molecule has 0 heterocycles. The zero-order valence-corrected chi connectivity index (χ0v) is 12.6. The predicted octanol–water partition coefficient (Wildman–Crippen LogP) is 2.97. The average molecular weight is 321 g/mol. The minimum absolute atomic E-state index is 0.119. The van der Waals surface area contributed by atoms with Gasteiger partial charge < -0.3 is 5.73 Å².